The second-order valence-electron chi connectivity index (χ2n) is 5.76. The van der Waals surface area contributed by atoms with Crippen LogP contribution < -0.4 is 0 Å². The number of likely N-dealkylation sites (N-methyl/N-ethyl adjacent to an activating group) is 1. The van der Waals surface area contributed by atoms with Gasteiger partial charge in [-0.05, 0) is 44.0 Å². The number of rotatable bonds is 4. The van der Waals surface area contributed by atoms with Crippen LogP contribution >= 0.6 is 0 Å². The monoisotopic (exact) mass is 276 g/mol. The van der Waals surface area contributed by atoms with E-state index in [0.29, 0.717) is 6.42 Å². The summed E-state index contributed by atoms with van der Waals surface area (Å²) in [5.74, 6) is -0.713. The van der Waals surface area contributed by atoms with Crippen LogP contribution in [0.4, 0.5) is 0 Å². The van der Waals surface area contributed by atoms with E-state index in [1.54, 1.807) is 0 Å². The fraction of sp³-hybridized carbons (Fsp3) is 0.562. The first kappa shape index (κ1) is 15.0. The van der Waals surface area contributed by atoms with E-state index in [2.05, 4.69) is 36.8 Å². The van der Waals surface area contributed by atoms with Gasteiger partial charge in [-0.25, -0.2) is 0 Å². The second kappa shape index (κ2) is 6.37. The summed E-state index contributed by atoms with van der Waals surface area (Å²) in [5, 5.41) is 9.56. The van der Waals surface area contributed by atoms with Gasteiger partial charge >= 0.3 is 5.97 Å². The molecule has 1 fully saturated rings. The average Bonchev–Trinajstić information content (AvgIpc) is 2.41. The lowest BCUT2D eigenvalue weighted by Gasteiger charge is -2.36. The largest absolute Gasteiger partial charge is 0.480 e. The molecular weight excluding hydrogens is 252 g/mol. The van der Waals surface area contributed by atoms with Gasteiger partial charge in [0.25, 0.3) is 0 Å². The van der Waals surface area contributed by atoms with Gasteiger partial charge in [-0.15, -0.1) is 0 Å². The lowest BCUT2D eigenvalue weighted by Crippen LogP contribution is -2.52. The molecule has 0 saturated carbocycles. The minimum atomic E-state index is -0.713. The molecule has 0 radical (unpaired) electrons. The van der Waals surface area contributed by atoms with Crippen molar-refractivity contribution in [3.05, 3.63) is 34.9 Å². The molecule has 110 valence electrons. The molecule has 1 saturated heterocycles. The van der Waals surface area contributed by atoms with Gasteiger partial charge in [-0.1, -0.05) is 18.2 Å². The highest BCUT2D eigenvalue weighted by Gasteiger charge is 2.28. The third kappa shape index (κ3) is 3.38. The summed E-state index contributed by atoms with van der Waals surface area (Å²) in [6.07, 6.45) is 0.590. The van der Waals surface area contributed by atoms with E-state index < -0.39 is 12.0 Å². The van der Waals surface area contributed by atoms with Crippen molar-refractivity contribution in [2.75, 3.05) is 33.2 Å². The van der Waals surface area contributed by atoms with Gasteiger partial charge in [0, 0.05) is 26.2 Å². The van der Waals surface area contributed by atoms with Crippen LogP contribution in [0.5, 0.6) is 0 Å². The smallest absolute Gasteiger partial charge is 0.321 e. The van der Waals surface area contributed by atoms with Gasteiger partial charge in [0.1, 0.15) is 6.04 Å². The van der Waals surface area contributed by atoms with Crippen LogP contribution in [0.2, 0.25) is 0 Å². The molecule has 0 spiro atoms. The molecule has 1 aromatic rings. The van der Waals surface area contributed by atoms with Crippen molar-refractivity contribution >= 4 is 5.97 Å². The third-order valence-electron chi connectivity index (χ3n) is 4.39. The first-order valence-corrected chi connectivity index (χ1v) is 7.19. The standard InChI is InChI=1S/C16H24N2O2/c1-12-5-4-6-14(13(12)2)11-15(16(19)20)18-9-7-17(3)8-10-18/h4-6,15H,7-11H2,1-3H3,(H,19,20)/t15-/m1/s1. The molecule has 4 heteroatoms. The van der Waals surface area contributed by atoms with Crippen molar-refractivity contribution in [3.63, 3.8) is 0 Å². The zero-order valence-electron chi connectivity index (χ0n) is 12.6. The fourth-order valence-corrected chi connectivity index (χ4v) is 2.75. The maximum atomic E-state index is 11.6. The van der Waals surface area contributed by atoms with E-state index in [-0.39, 0.29) is 0 Å². The predicted molar refractivity (Wildman–Crippen MR) is 80.1 cm³/mol. The number of piperazine rings is 1. The van der Waals surface area contributed by atoms with Crippen molar-refractivity contribution in [2.45, 2.75) is 26.3 Å². The van der Waals surface area contributed by atoms with Gasteiger partial charge in [0.2, 0.25) is 0 Å². The molecule has 1 heterocycles. The van der Waals surface area contributed by atoms with Crippen LogP contribution in [0.3, 0.4) is 0 Å². The molecule has 1 N–H and O–H groups in total. The van der Waals surface area contributed by atoms with Gasteiger partial charge in [0.15, 0.2) is 0 Å². The predicted octanol–water partition coefficient (Wildman–Crippen LogP) is 1.55. The number of hydrogen-bond acceptors (Lipinski definition) is 3. The van der Waals surface area contributed by atoms with Crippen molar-refractivity contribution in [1.29, 1.82) is 0 Å². The number of nitrogens with zero attached hydrogens (tertiary/aromatic N) is 2. The molecule has 0 aromatic heterocycles. The Morgan fingerprint density at radius 3 is 2.50 bits per heavy atom. The van der Waals surface area contributed by atoms with E-state index in [4.69, 9.17) is 0 Å². The molecule has 0 bridgehead atoms. The van der Waals surface area contributed by atoms with Crippen LogP contribution in [0.1, 0.15) is 16.7 Å². The summed E-state index contributed by atoms with van der Waals surface area (Å²) in [5.41, 5.74) is 3.59. The minimum Gasteiger partial charge on any atom is -0.480 e. The Bertz CT molecular complexity index is 479. The summed E-state index contributed by atoms with van der Waals surface area (Å²) in [7, 11) is 2.08. The number of benzene rings is 1. The van der Waals surface area contributed by atoms with E-state index >= 15 is 0 Å². The molecule has 20 heavy (non-hydrogen) atoms. The summed E-state index contributed by atoms with van der Waals surface area (Å²) < 4.78 is 0. The summed E-state index contributed by atoms with van der Waals surface area (Å²) in [4.78, 5) is 16.0. The number of aliphatic carboxylic acids is 1. The highest BCUT2D eigenvalue weighted by molar-refractivity contribution is 5.74. The average molecular weight is 276 g/mol. The molecule has 2 rings (SSSR count). The van der Waals surface area contributed by atoms with Crippen molar-refractivity contribution in [2.24, 2.45) is 0 Å². The molecular formula is C16H24N2O2. The molecule has 0 amide bonds. The third-order valence-corrected chi connectivity index (χ3v) is 4.39. The molecule has 0 aliphatic carbocycles. The molecule has 1 atom stereocenters. The summed E-state index contributed by atoms with van der Waals surface area (Å²) in [6.45, 7) is 7.70. The van der Waals surface area contributed by atoms with Gasteiger partial charge in [-0.3, -0.25) is 9.69 Å². The van der Waals surface area contributed by atoms with E-state index in [9.17, 15) is 9.90 Å². The van der Waals surface area contributed by atoms with E-state index in [1.807, 2.05) is 12.1 Å². The number of aryl methyl sites for hydroxylation is 1. The topological polar surface area (TPSA) is 43.8 Å². The van der Waals surface area contributed by atoms with Crippen molar-refractivity contribution < 1.29 is 9.90 Å². The number of hydrogen-bond donors (Lipinski definition) is 1. The lowest BCUT2D eigenvalue weighted by atomic mass is 9.96. The van der Waals surface area contributed by atoms with Crippen LogP contribution in [0.25, 0.3) is 0 Å². The Labute approximate surface area is 121 Å². The quantitative estimate of drug-likeness (QED) is 0.906. The van der Waals surface area contributed by atoms with Crippen LogP contribution in [-0.2, 0) is 11.2 Å². The van der Waals surface area contributed by atoms with Gasteiger partial charge in [-0.2, -0.15) is 0 Å². The SMILES string of the molecule is Cc1cccc(C[C@H](C(=O)O)N2CCN(C)CC2)c1C. The summed E-state index contributed by atoms with van der Waals surface area (Å²) >= 11 is 0. The maximum Gasteiger partial charge on any atom is 0.321 e. The summed E-state index contributed by atoms with van der Waals surface area (Å²) in [6, 6.07) is 5.73. The van der Waals surface area contributed by atoms with Gasteiger partial charge < -0.3 is 10.0 Å². The van der Waals surface area contributed by atoms with Crippen LogP contribution in [0, 0.1) is 13.8 Å². The van der Waals surface area contributed by atoms with Crippen molar-refractivity contribution in [1.82, 2.24) is 9.80 Å². The molecule has 1 aliphatic rings. The Kier molecular flexibility index (Phi) is 4.78. The zero-order chi connectivity index (χ0) is 14.7. The first-order valence-electron chi connectivity index (χ1n) is 7.19. The molecule has 0 unspecified atom stereocenters. The van der Waals surface area contributed by atoms with Gasteiger partial charge in [0.05, 0.1) is 0 Å². The highest BCUT2D eigenvalue weighted by atomic mass is 16.4. The Balaban J connectivity index is 2.13. The highest BCUT2D eigenvalue weighted by Crippen LogP contribution is 2.18. The molecule has 1 aliphatic heterocycles. The maximum absolute atomic E-state index is 11.6. The lowest BCUT2D eigenvalue weighted by molar-refractivity contribution is -0.144. The van der Waals surface area contributed by atoms with Crippen molar-refractivity contribution in [3.8, 4) is 0 Å². The zero-order valence-corrected chi connectivity index (χ0v) is 12.6. The van der Waals surface area contributed by atoms with E-state index in [0.717, 1.165) is 31.7 Å². The molecule has 4 nitrogen and oxygen atoms in total. The number of carbonyl (C=O) groups is 1. The second-order valence-corrected chi connectivity index (χ2v) is 5.76. The Morgan fingerprint density at radius 2 is 1.90 bits per heavy atom. The van der Waals surface area contributed by atoms with Crippen LogP contribution in [-0.4, -0.2) is 60.1 Å². The Morgan fingerprint density at radius 1 is 1.25 bits per heavy atom. The minimum absolute atomic E-state index is 0.413. The first-order chi connectivity index (χ1) is 9.49. The fourth-order valence-electron chi connectivity index (χ4n) is 2.75. The number of carboxylic acid groups (broad SMARTS) is 1. The molecule has 1 aromatic carbocycles. The van der Waals surface area contributed by atoms with E-state index in [1.165, 1.54) is 11.1 Å². The normalized spacial score (nSPS) is 18.9. The number of carboxylic acids is 1. The Hall–Kier alpha value is -1.39. The van der Waals surface area contributed by atoms with Crippen LogP contribution in [0.15, 0.2) is 18.2 Å².